The molecule has 0 bridgehead atoms. The molecule has 1 atom stereocenters. The average Bonchev–Trinajstić information content (AvgIpc) is 3.64. The van der Waals surface area contributed by atoms with Crippen LogP contribution in [-0.4, -0.2) is 18.4 Å². The molecule has 2 N–H and O–H groups in total. The van der Waals surface area contributed by atoms with Gasteiger partial charge in [-0.05, 0) is 59.5 Å². The predicted octanol–water partition coefficient (Wildman–Crippen LogP) is 6.65. The number of amides is 2. The van der Waals surface area contributed by atoms with Gasteiger partial charge in [-0.25, -0.2) is 4.39 Å². The number of hydrogen-bond donors (Lipinski definition) is 2. The molecule has 2 aromatic heterocycles. The first-order valence-corrected chi connectivity index (χ1v) is 13.0. The third kappa shape index (κ3) is 6.23. The largest absolute Gasteiger partial charge is 0.489 e. The van der Waals surface area contributed by atoms with E-state index in [1.807, 2.05) is 32.0 Å². The molecule has 0 spiro atoms. The number of fused-ring (bicyclic) bond motifs is 1. The lowest BCUT2D eigenvalue weighted by molar-refractivity contribution is 0.0940. The molecule has 1 unspecified atom stereocenters. The molecule has 8 heteroatoms. The van der Waals surface area contributed by atoms with Crippen molar-refractivity contribution in [3.8, 4) is 5.75 Å². The van der Waals surface area contributed by atoms with Crippen molar-refractivity contribution in [2.24, 2.45) is 5.92 Å². The normalized spacial score (nSPS) is 11.9. The van der Waals surface area contributed by atoms with Gasteiger partial charge < -0.3 is 24.2 Å². The van der Waals surface area contributed by atoms with Gasteiger partial charge in [0.25, 0.3) is 11.8 Å². The van der Waals surface area contributed by atoms with Crippen molar-refractivity contribution in [1.29, 1.82) is 0 Å². The van der Waals surface area contributed by atoms with Crippen LogP contribution in [0, 0.1) is 11.7 Å². The standard InChI is InChI=1S/C32H29FN2O5/c1-20(2)16-34-31(36)24-13-23(14-26(15-24)39-18-21-11-12-38-17-21)30(22-7-9-25(33)10-8-22)35-32(37)28-19-40-29-6-4-3-5-27(28)29/h3-15,17,19-20,30H,16,18H2,1-2H3,(H,34,36)(H,35,37). The molecule has 0 aliphatic heterocycles. The monoisotopic (exact) mass is 540 g/mol. The number of benzene rings is 3. The SMILES string of the molecule is CC(C)CNC(=O)c1cc(OCc2ccoc2)cc(C(NC(=O)c2coc3ccccc23)c2ccc(F)cc2)c1. The first-order valence-electron chi connectivity index (χ1n) is 13.0. The van der Waals surface area contributed by atoms with E-state index in [0.29, 0.717) is 45.5 Å². The van der Waals surface area contributed by atoms with Crippen LogP contribution in [0.2, 0.25) is 0 Å². The number of carbonyl (C=O) groups excluding carboxylic acids is 2. The lowest BCUT2D eigenvalue weighted by atomic mass is 9.95. The van der Waals surface area contributed by atoms with Gasteiger partial charge in [-0.3, -0.25) is 9.59 Å². The second kappa shape index (κ2) is 11.9. The number of rotatable bonds is 10. The maximum atomic E-state index is 13.9. The molecule has 204 valence electrons. The molecule has 0 saturated heterocycles. The number of ether oxygens (including phenoxy) is 1. The number of furan rings is 2. The molecule has 0 saturated carbocycles. The van der Waals surface area contributed by atoms with Gasteiger partial charge in [-0.1, -0.05) is 44.2 Å². The maximum absolute atomic E-state index is 13.9. The summed E-state index contributed by atoms with van der Waals surface area (Å²) in [6.07, 6.45) is 4.55. The summed E-state index contributed by atoms with van der Waals surface area (Å²) in [5, 5.41) is 6.66. The van der Waals surface area contributed by atoms with Crippen LogP contribution in [0.3, 0.4) is 0 Å². The molecular formula is C32H29FN2O5. The minimum absolute atomic E-state index is 0.224. The van der Waals surface area contributed by atoms with E-state index in [9.17, 15) is 14.0 Å². The molecule has 7 nitrogen and oxygen atoms in total. The Morgan fingerprint density at radius 2 is 1.73 bits per heavy atom. The molecule has 0 aliphatic carbocycles. The van der Waals surface area contributed by atoms with Crippen LogP contribution < -0.4 is 15.4 Å². The van der Waals surface area contributed by atoms with Crippen molar-refractivity contribution < 1.29 is 27.6 Å². The van der Waals surface area contributed by atoms with Crippen LogP contribution >= 0.6 is 0 Å². The minimum Gasteiger partial charge on any atom is -0.489 e. The fourth-order valence-electron chi connectivity index (χ4n) is 4.32. The highest BCUT2D eigenvalue weighted by Gasteiger charge is 2.23. The number of para-hydroxylation sites is 1. The lowest BCUT2D eigenvalue weighted by Crippen LogP contribution is -2.30. The molecule has 5 rings (SSSR count). The summed E-state index contributed by atoms with van der Waals surface area (Å²) in [6, 6.07) is 19.3. The first kappa shape index (κ1) is 26.7. The van der Waals surface area contributed by atoms with Gasteiger partial charge in [0.05, 0.1) is 24.1 Å². The second-order valence-corrected chi connectivity index (χ2v) is 9.92. The molecular weight excluding hydrogens is 511 g/mol. The van der Waals surface area contributed by atoms with Crippen molar-refractivity contribution in [3.63, 3.8) is 0 Å². The molecule has 5 aromatic rings. The van der Waals surface area contributed by atoms with Gasteiger partial charge in [0.2, 0.25) is 0 Å². The maximum Gasteiger partial charge on any atom is 0.255 e. The lowest BCUT2D eigenvalue weighted by Gasteiger charge is -2.22. The summed E-state index contributed by atoms with van der Waals surface area (Å²) in [7, 11) is 0. The summed E-state index contributed by atoms with van der Waals surface area (Å²) in [6.45, 7) is 4.74. The Morgan fingerprint density at radius 1 is 0.925 bits per heavy atom. The number of hydrogen-bond acceptors (Lipinski definition) is 5. The second-order valence-electron chi connectivity index (χ2n) is 9.92. The van der Waals surface area contributed by atoms with Gasteiger partial charge in [-0.15, -0.1) is 0 Å². The van der Waals surface area contributed by atoms with E-state index in [4.69, 9.17) is 13.6 Å². The Bertz CT molecular complexity index is 1610. The van der Waals surface area contributed by atoms with Gasteiger partial charge >= 0.3 is 0 Å². The quantitative estimate of drug-likeness (QED) is 0.207. The Hall–Kier alpha value is -4.85. The van der Waals surface area contributed by atoms with Crippen molar-refractivity contribution in [2.45, 2.75) is 26.5 Å². The van der Waals surface area contributed by atoms with E-state index >= 15 is 0 Å². The molecule has 0 radical (unpaired) electrons. The van der Waals surface area contributed by atoms with Crippen LogP contribution in [0.15, 0.2) is 100 Å². The molecule has 0 fully saturated rings. The summed E-state index contributed by atoms with van der Waals surface area (Å²) in [5.41, 5.74) is 3.37. The van der Waals surface area contributed by atoms with Crippen LogP contribution in [-0.2, 0) is 6.61 Å². The van der Waals surface area contributed by atoms with Crippen LogP contribution in [0.25, 0.3) is 11.0 Å². The van der Waals surface area contributed by atoms with Gasteiger partial charge in [-0.2, -0.15) is 0 Å². The van der Waals surface area contributed by atoms with Gasteiger partial charge in [0.1, 0.15) is 30.0 Å². The summed E-state index contributed by atoms with van der Waals surface area (Å²) < 4.78 is 30.6. The van der Waals surface area contributed by atoms with Crippen LogP contribution in [0.4, 0.5) is 4.39 Å². The van der Waals surface area contributed by atoms with E-state index < -0.39 is 11.9 Å². The number of carbonyl (C=O) groups is 2. The highest BCUT2D eigenvalue weighted by molar-refractivity contribution is 6.06. The third-order valence-corrected chi connectivity index (χ3v) is 6.39. The van der Waals surface area contributed by atoms with E-state index in [-0.39, 0.29) is 24.3 Å². The highest BCUT2D eigenvalue weighted by Crippen LogP contribution is 2.30. The molecule has 0 aliphatic rings. The number of nitrogens with one attached hydrogen (secondary N) is 2. The zero-order valence-electron chi connectivity index (χ0n) is 22.1. The zero-order chi connectivity index (χ0) is 28.1. The van der Waals surface area contributed by atoms with Crippen molar-refractivity contribution in [2.75, 3.05) is 6.54 Å². The van der Waals surface area contributed by atoms with E-state index in [1.54, 1.807) is 55.0 Å². The van der Waals surface area contributed by atoms with Crippen LogP contribution in [0.5, 0.6) is 5.75 Å². The minimum atomic E-state index is -0.726. The third-order valence-electron chi connectivity index (χ3n) is 6.39. The summed E-state index contributed by atoms with van der Waals surface area (Å²) in [5.74, 6) is -0.354. The number of halogens is 1. The smallest absolute Gasteiger partial charge is 0.255 e. The summed E-state index contributed by atoms with van der Waals surface area (Å²) >= 11 is 0. The zero-order valence-corrected chi connectivity index (χ0v) is 22.1. The van der Waals surface area contributed by atoms with E-state index in [2.05, 4.69) is 10.6 Å². The van der Waals surface area contributed by atoms with Gasteiger partial charge in [0.15, 0.2) is 0 Å². The summed E-state index contributed by atoms with van der Waals surface area (Å²) in [4.78, 5) is 26.7. The predicted molar refractivity (Wildman–Crippen MR) is 149 cm³/mol. The first-order chi connectivity index (χ1) is 19.4. The fourth-order valence-corrected chi connectivity index (χ4v) is 4.32. The topological polar surface area (TPSA) is 93.7 Å². The van der Waals surface area contributed by atoms with Gasteiger partial charge in [0, 0.05) is 23.1 Å². The Labute approximate surface area is 230 Å². The molecule has 3 aromatic carbocycles. The Balaban J connectivity index is 1.53. The molecule has 2 amide bonds. The van der Waals surface area contributed by atoms with Crippen molar-refractivity contribution in [3.05, 3.63) is 125 Å². The van der Waals surface area contributed by atoms with E-state index in [0.717, 1.165) is 5.56 Å². The van der Waals surface area contributed by atoms with Crippen LogP contribution in [0.1, 0.15) is 57.3 Å². The van der Waals surface area contributed by atoms with Crippen molar-refractivity contribution >= 4 is 22.8 Å². The highest BCUT2D eigenvalue weighted by atomic mass is 19.1. The Kier molecular flexibility index (Phi) is 7.96. The molecule has 2 heterocycles. The molecule has 40 heavy (non-hydrogen) atoms. The Morgan fingerprint density at radius 3 is 2.48 bits per heavy atom. The average molecular weight is 541 g/mol. The van der Waals surface area contributed by atoms with E-state index in [1.165, 1.54) is 18.4 Å². The fraction of sp³-hybridized carbons (Fsp3) is 0.188. The van der Waals surface area contributed by atoms with Crippen molar-refractivity contribution in [1.82, 2.24) is 10.6 Å².